The second-order valence-corrected chi connectivity index (χ2v) is 6.07. The lowest BCUT2D eigenvalue weighted by atomic mass is 10.1. The Morgan fingerprint density at radius 3 is 2.30 bits per heavy atom. The van der Waals surface area contributed by atoms with Crippen molar-refractivity contribution in [3.63, 3.8) is 0 Å². The number of aliphatic hydroxyl groups excluding tert-OH is 1. The van der Waals surface area contributed by atoms with Crippen LogP contribution in [0.25, 0.3) is 0 Å². The topological polar surface area (TPSA) is 78.9 Å². The largest absolute Gasteiger partial charge is 0.465 e. The van der Waals surface area contributed by atoms with Crippen molar-refractivity contribution in [2.24, 2.45) is 0 Å². The summed E-state index contributed by atoms with van der Waals surface area (Å²) in [4.78, 5) is 26.1. The Balaban J connectivity index is 2.04. The maximum atomic E-state index is 12.4. The Hall–Kier alpha value is -2.86. The first-order chi connectivity index (χ1) is 13.1. The fourth-order valence-corrected chi connectivity index (χ4v) is 2.75. The highest BCUT2D eigenvalue weighted by molar-refractivity contribution is 5.79. The molecule has 2 aromatic carbocycles. The van der Waals surface area contributed by atoms with Crippen molar-refractivity contribution in [3.8, 4) is 0 Å². The van der Waals surface area contributed by atoms with Gasteiger partial charge in [0.1, 0.15) is 6.54 Å². The van der Waals surface area contributed by atoms with E-state index in [4.69, 9.17) is 4.74 Å². The first-order valence-corrected chi connectivity index (χ1v) is 9.02. The number of benzene rings is 2. The zero-order valence-electron chi connectivity index (χ0n) is 15.5. The second-order valence-electron chi connectivity index (χ2n) is 6.07. The van der Waals surface area contributed by atoms with Crippen molar-refractivity contribution in [3.05, 3.63) is 66.2 Å². The Morgan fingerprint density at radius 2 is 1.70 bits per heavy atom. The van der Waals surface area contributed by atoms with Gasteiger partial charge in [-0.25, -0.2) is 0 Å². The summed E-state index contributed by atoms with van der Waals surface area (Å²) in [5, 5.41) is 12.7. The van der Waals surface area contributed by atoms with Crippen LogP contribution < -0.4 is 10.2 Å². The van der Waals surface area contributed by atoms with Gasteiger partial charge < -0.3 is 20.1 Å². The smallest absolute Gasteiger partial charge is 0.325 e. The molecule has 1 unspecified atom stereocenters. The van der Waals surface area contributed by atoms with E-state index in [0.29, 0.717) is 6.54 Å². The summed E-state index contributed by atoms with van der Waals surface area (Å²) in [7, 11) is 0. The third-order valence-electron chi connectivity index (χ3n) is 4.10. The maximum Gasteiger partial charge on any atom is 0.325 e. The van der Waals surface area contributed by atoms with Crippen molar-refractivity contribution in [1.29, 1.82) is 0 Å². The van der Waals surface area contributed by atoms with Gasteiger partial charge in [0.2, 0.25) is 5.91 Å². The van der Waals surface area contributed by atoms with Gasteiger partial charge in [-0.15, -0.1) is 0 Å². The lowest BCUT2D eigenvalue weighted by Crippen LogP contribution is -2.44. The zero-order valence-corrected chi connectivity index (χ0v) is 15.5. The first kappa shape index (κ1) is 20.5. The SMILES string of the molecule is CCOC(=O)CN(c1ccccc1)C(CO)CC(=O)NCc1ccccc1. The van der Waals surface area contributed by atoms with Gasteiger partial charge >= 0.3 is 5.97 Å². The van der Waals surface area contributed by atoms with Gasteiger partial charge in [-0.2, -0.15) is 0 Å². The summed E-state index contributed by atoms with van der Waals surface area (Å²) in [6.45, 7) is 2.15. The van der Waals surface area contributed by atoms with E-state index in [1.807, 2.05) is 60.7 Å². The van der Waals surface area contributed by atoms with Crippen LogP contribution in [-0.4, -0.2) is 42.8 Å². The van der Waals surface area contributed by atoms with Crippen molar-refractivity contribution >= 4 is 17.6 Å². The standard InChI is InChI=1S/C21H26N2O4/c1-2-27-21(26)15-23(18-11-7-4-8-12-18)19(16-24)13-20(25)22-14-17-9-5-3-6-10-17/h3-12,19,24H,2,13-16H2,1H3,(H,22,25). The van der Waals surface area contributed by atoms with E-state index in [2.05, 4.69) is 5.32 Å². The molecule has 0 heterocycles. The van der Waals surface area contributed by atoms with Gasteiger partial charge in [0.25, 0.3) is 0 Å². The molecule has 0 spiro atoms. The number of anilines is 1. The molecular weight excluding hydrogens is 344 g/mol. The van der Waals surface area contributed by atoms with E-state index < -0.39 is 12.0 Å². The van der Waals surface area contributed by atoms with Crippen molar-refractivity contribution in [2.75, 3.05) is 24.7 Å². The molecule has 2 rings (SSSR count). The highest BCUT2D eigenvalue weighted by atomic mass is 16.5. The van der Waals surface area contributed by atoms with Crippen molar-refractivity contribution < 1.29 is 19.4 Å². The average molecular weight is 370 g/mol. The fraction of sp³-hybridized carbons (Fsp3) is 0.333. The number of amides is 1. The molecule has 6 heteroatoms. The minimum absolute atomic E-state index is 0.0327. The van der Waals surface area contributed by atoms with Gasteiger partial charge in [-0.3, -0.25) is 9.59 Å². The lowest BCUT2D eigenvalue weighted by molar-refractivity contribution is -0.141. The first-order valence-electron chi connectivity index (χ1n) is 9.02. The summed E-state index contributed by atoms with van der Waals surface area (Å²) in [6, 6.07) is 18.3. The van der Waals surface area contributed by atoms with Crippen LogP contribution in [-0.2, 0) is 20.9 Å². The number of hydrogen-bond donors (Lipinski definition) is 2. The van der Waals surface area contributed by atoms with Crippen LogP contribution in [0.3, 0.4) is 0 Å². The number of para-hydroxylation sites is 1. The predicted octanol–water partition coefficient (Wildman–Crippen LogP) is 2.12. The molecule has 0 aliphatic heterocycles. The summed E-state index contributed by atoms with van der Waals surface area (Å²) in [6.07, 6.45) is 0.0671. The van der Waals surface area contributed by atoms with E-state index in [0.717, 1.165) is 11.3 Å². The Labute approximate surface area is 159 Å². The van der Waals surface area contributed by atoms with E-state index in [-0.39, 0.29) is 32.1 Å². The molecule has 0 saturated carbocycles. The third-order valence-corrected chi connectivity index (χ3v) is 4.10. The third kappa shape index (κ3) is 6.75. The van der Waals surface area contributed by atoms with E-state index in [1.165, 1.54) is 0 Å². The van der Waals surface area contributed by atoms with E-state index in [1.54, 1.807) is 11.8 Å². The molecule has 0 radical (unpaired) electrons. The summed E-state index contributed by atoms with van der Waals surface area (Å²) in [5.41, 5.74) is 1.75. The Morgan fingerprint density at radius 1 is 1.07 bits per heavy atom. The number of nitrogens with one attached hydrogen (secondary N) is 1. The minimum atomic E-state index is -0.535. The number of esters is 1. The quantitative estimate of drug-likeness (QED) is 0.627. The molecular formula is C21H26N2O4. The number of aliphatic hydroxyl groups is 1. The van der Waals surface area contributed by atoms with Crippen LogP contribution in [0.1, 0.15) is 18.9 Å². The number of hydrogen-bond acceptors (Lipinski definition) is 5. The summed E-state index contributed by atoms with van der Waals surface area (Å²) in [5.74, 6) is -0.591. The summed E-state index contributed by atoms with van der Waals surface area (Å²) >= 11 is 0. The molecule has 1 atom stereocenters. The molecule has 144 valence electrons. The number of ether oxygens (including phenoxy) is 1. The van der Waals surface area contributed by atoms with Crippen molar-refractivity contribution in [2.45, 2.75) is 25.9 Å². The molecule has 1 amide bonds. The minimum Gasteiger partial charge on any atom is -0.465 e. The molecule has 0 aliphatic rings. The number of rotatable bonds is 10. The van der Waals surface area contributed by atoms with Crippen LogP contribution in [0.4, 0.5) is 5.69 Å². The maximum absolute atomic E-state index is 12.4. The van der Waals surface area contributed by atoms with Crippen molar-refractivity contribution in [1.82, 2.24) is 5.32 Å². The predicted molar refractivity (Wildman–Crippen MR) is 104 cm³/mol. The van der Waals surface area contributed by atoms with Gasteiger partial charge in [-0.05, 0) is 24.6 Å². The number of nitrogens with zero attached hydrogens (tertiary/aromatic N) is 1. The average Bonchev–Trinajstić information content (AvgIpc) is 2.70. The van der Waals surface area contributed by atoms with Gasteiger partial charge in [0, 0.05) is 18.7 Å². The molecule has 0 fully saturated rings. The number of carbonyl (C=O) groups is 2. The van der Waals surface area contributed by atoms with Gasteiger partial charge in [-0.1, -0.05) is 48.5 Å². The molecule has 6 nitrogen and oxygen atoms in total. The molecule has 0 aliphatic carbocycles. The Bertz CT molecular complexity index is 707. The highest BCUT2D eigenvalue weighted by Gasteiger charge is 2.24. The molecule has 2 N–H and O–H groups in total. The molecule has 0 aromatic heterocycles. The molecule has 0 saturated heterocycles. The van der Waals surface area contributed by atoms with Gasteiger partial charge in [0.15, 0.2) is 0 Å². The summed E-state index contributed by atoms with van der Waals surface area (Å²) < 4.78 is 5.04. The highest BCUT2D eigenvalue weighted by Crippen LogP contribution is 2.18. The molecule has 2 aromatic rings. The zero-order chi connectivity index (χ0) is 19.5. The molecule has 0 bridgehead atoms. The van der Waals surface area contributed by atoms with E-state index in [9.17, 15) is 14.7 Å². The second kappa shape index (κ2) is 11.0. The monoisotopic (exact) mass is 370 g/mol. The van der Waals surface area contributed by atoms with Crippen LogP contribution in [0.5, 0.6) is 0 Å². The molecule has 27 heavy (non-hydrogen) atoms. The van der Waals surface area contributed by atoms with Gasteiger partial charge in [0.05, 0.1) is 19.3 Å². The van der Waals surface area contributed by atoms with Crippen LogP contribution in [0, 0.1) is 0 Å². The Kier molecular flexibility index (Phi) is 8.32. The van der Waals surface area contributed by atoms with Crippen LogP contribution in [0.15, 0.2) is 60.7 Å². The fourth-order valence-electron chi connectivity index (χ4n) is 2.75. The normalized spacial score (nSPS) is 11.5. The lowest BCUT2D eigenvalue weighted by Gasteiger charge is -2.31. The van der Waals surface area contributed by atoms with Crippen LogP contribution >= 0.6 is 0 Å². The van der Waals surface area contributed by atoms with Crippen LogP contribution in [0.2, 0.25) is 0 Å². The van der Waals surface area contributed by atoms with E-state index >= 15 is 0 Å². The number of carbonyl (C=O) groups excluding carboxylic acids is 2.